The molecule has 1 atom stereocenters. The maximum absolute atomic E-state index is 9.72. The second kappa shape index (κ2) is 3.56. The van der Waals surface area contributed by atoms with Crippen molar-refractivity contribution in [3.05, 3.63) is 59.7 Å². The number of hydrogen-bond acceptors (Lipinski definition) is 2. The lowest BCUT2D eigenvalue weighted by Crippen LogP contribution is -2.02. The van der Waals surface area contributed by atoms with Gasteiger partial charge in [-0.15, -0.1) is 0 Å². The highest BCUT2D eigenvalue weighted by Crippen LogP contribution is 2.40. The Morgan fingerprint density at radius 2 is 1.81 bits per heavy atom. The highest BCUT2D eigenvalue weighted by Gasteiger charge is 2.26. The van der Waals surface area contributed by atoms with Crippen molar-refractivity contribution in [3.63, 3.8) is 0 Å². The summed E-state index contributed by atoms with van der Waals surface area (Å²) in [5, 5.41) is 9.72. The summed E-state index contributed by atoms with van der Waals surface area (Å²) in [5.74, 6) is 1.13. The maximum Gasteiger partial charge on any atom is 0.128 e. The summed E-state index contributed by atoms with van der Waals surface area (Å²) in [4.78, 5) is 0. The summed E-state index contributed by atoms with van der Waals surface area (Å²) in [6, 6.07) is 15.5. The minimum absolute atomic E-state index is 0.0319. The van der Waals surface area contributed by atoms with Crippen LogP contribution in [0.5, 0.6) is 11.5 Å². The lowest BCUT2D eigenvalue weighted by molar-refractivity contribution is 0.238. The van der Waals surface area contributed by atoms with Crippen LogP contribution in [0.15, 0.2) is 48.5 Å². The van der Waals surface area contributed by atoms with Crippen LogP contribution in [-0.4, -0.2) is 5.11 Å². The van der Waals surface area contributed by atoms with E-state index < -0.39 is 0 Å². The van der Waals surface area contributed by atoms with Gasteiger partial charge in [0.05, 0.1) is 0 Å². The van der Waals surface area contributed by atoms with Gasteiger partial charge in [-0.05, 0) is 17.7 Å². The molecule has 2 aromatic carbocycles. The molecule has 1 unspecified atom stereocenters. The van der Waals surface area contributed by atoms with Gasteiger partial charge in [0, 0.05) is 12.0 Å². The molecule has 80 valence electrons. The Kier molecular flexibility index (Phi) is 2.07. The second-order valence-corrected chi connectivity index (χ2v) is 3.98. The fourth-order valence-corrected chi connectivity index (χ4v) is 2.10. The van der Waals surface area contributed by atoms with E-state index in [-0.39, 0.29) is 6.10 Å². The maximum atomic E-state index is 9.72. The number of rotatable bonds is 1. The molecule has 1 aliphatic heterocycles. The Bertz CT molecular complexity index is 505. The molecule has 2 aromatic rings. The standard InChI is InChI=1S/C14H12O2/c15-12-7-4-8-13-11(12)9-14(16-13)10-5-2-1-3-6-10/h1-8,14-15H,9H2. The van der Waals surface area contributed by atoms with Crippen molar-refractivity contribution >= 4 is 0 Å². The van der Waals surface area contributed by atoms with E-state index in [1.165, 1.54) is 0 Å². The van der Waals surface area contributed by atoms with Crippen LogP contribution in [0.1, 0.15) is 17.2 Å². The largest absolute Gasteiger partial charge is 0.508 e. The number of hydrogen-bond donors (Lipinski definition) is 1. The quantitative estimate of drug-likeness (QED) is 0.787. The molecule has 0 aromatic heterocycles. The van der Waals surface area contributed by atoms with Crippen molar-refractivity contribution in [2.24, 2.45) is 0 Å². The molecular formula is C14H12O2. The fraction of sp³-hybridized carbons (Fsp3) is 0.143. The molecule has 2 nitrogen and oxygen atoms in total. The summed E-state index contributed by atoms with van der Waals surface area (Å²) >= 11 is 0. The lowest BCUT2D eigenvalue weighted by atomic mass is 10.0. The summed E-state index contributed by atoms with van der Waals surface area (Å²) in [5.41, 5.74) is 2.06. The van der Waals surface area contributed by atoms with Crippen molar-refractivity contribution < 1.29 is 9.84 Å². The number of aromatic hydroxyl groups is 1. The topological polar surface area (TPSA) is 29.5 Å². The third-order valence-corrected chi connectivity index (χ3v) is 2.94. The van der Waals surface area contributed by atoms with E-state index in [0.717, 1.165) is 23.3 Å². The average Bonchev–Trinajstić information content (AvgIpc) is 2.76. The Labute approximate surface area is 94.1 Å². The minimum Gasteiger partial charge on any atom is -0.508 e. The van der Waals surface area contributed by atoms with Gasteiger partial charge in [-0.3, -0.25) is 0 Å². The van der Waals surface area contributed by atoms with E-state index in [0.29, 0.717) is 5.75 Å². The van der Waals surface area contributed by atoms with Crippen LogP contribution in [0.25, 0.3) is 0 Å². The Balaban J connectivity index is 1.94. The Hall–Kier alpha value is -1.96. The highest BCUT2D eigenvalue weighted by atomic mass is 16.5. The molecule has 0 radical (unpaired) electrons. The molecular weight excluding hydrogens is 200 g/mol. The molecule has 0 spiro atoms. The number of fused-ring (bicyclic) bond motifs is 1. The monoisotopic (exact) mass is 212 g/mol. The number of phenols is 1. The predicted octanol–water partition coefficient (Wildman–Crippen LogP) is 3.07. The van der Waals surface area contributed by atoms with Gasteiger partial charge in [0.2, 0.25) is 0 Å². The van der Waals surface area contributed by atoms with E-state index in [1.807, 2.05) is 42.5 Å². The zero-order chi connectivity index (χ0) is 11.0. The molecule has 0 saturated heterocycles. The van der Waals surface area contributed by atoms with Gasteiger partial charge in [0.25, 0.3) is 0 Å². The highest BCUT2D eigenvalue weighted by molar-refractivity contribution is 5.47. The number of ether oxygens (including phenoxy) is 1. The van der Waals surface area contributed by atoms with Gasteiger partial charge in [0.1, 0.15) is 17.6 Å². The molecule has 0 bridgehead atoms. The molecule has 0 fully saturated rings. The molecule has 1 aliphatic rings. The zero-order valence-electron chi connectivity index (χ0n) is 8.76. The molecule has 1 N–H and O–H groups in total. The van der Waals surface area contributed by atoms with Crippen LogP contribution in [0.4, 0.5) is 0 Å². The van der Waals surface area contributed by atoms with Gasteiger partial charge < -0.3 is 9.84 Å². The van der Waals surface area contributed by atoms with Gasteiger partial charge in [-0.1, -0.05) is 36.4 Å². The summed E-state index contributed by atoms with van der Waals surface area (Å²) < 4.78 is 5.81. The third kappa shape index (κ3) is 1.43. The van der Waals surface area contributed by atoms with Gasteiger partial charge in [-0.2, -0.15) is 0 Å². The summed E-state index contributed by atoms with van der Waals surface area (Å²) in [7, 11) is 0. The van der Waals surface area contributed by atoms with Crippen LogP contribution in [0.2, 0.25) is 0 Å². The van der Waals surface area contributed by atoms with Crippen LogP contribution >= 0.6 is 0 Å². The van der Waals surface area contributed by atoms with E-state index in [2.05, 4.69) is 0 Å². The molecule has 0 amide bonds. The first-order valence-corrected chi connectivity index (χ1v) is 5.37. The van der Waals surface area contributed by atoms with Crippen molar-refractivity contribution in [2.45, 2.75) is 12.5 Å². The Morgan fingerprint density at radius 1 is 1.00 bits per heavy atom. The van der Waals surface area contributed by atoms with E-state index in [4.69, 9.17) is 4.74 Å². The van der Waals surface area contributed by atoms with Gasteiger partial charge in [-0.25, -0.2) is 0 Å². The third-order valence-electron chi connectivity index (χ3n) is 2.94. The average molecular weight is 212 g/mol. The van der Waals surface area contributed by atoms with Crippen LogP contribution in [-0.2, 0) is 6.42 Å². The zero-order valence-corrected chi connectivity index (χ0v) is 8.76. The normalized spacial score (nSPS) is 17.9. The molecule has 0 saturated carbocycles. The van der Waals surface area contributed by atoms with Crippen LogP contribution in [0, 0.1) is 0 Å². The first-order valence-electron chi connectivity index (χ1n) is 5.37. The van der Waals surface area contributed by atoms with Crippen molar-refractivity contribution in [2.75, 3.05) is 0 Å². The van der Waals surface area contributed by atoms with Gasteiger partial charge in [0.15, 0.2) is 0 Å². The van der Waals surface area contributed by atoms with Crippen LogP contribution < -0.4 is 4.74 Å². The van der Waals surface area contributed by atoms with Crippen LogP contribution in [0.3, 0.4) is 0 Å². The minimum atomic E-state index is 0.0319. The molecule has 0 aliphatic carbocycles. The van der Waals surface area contributed by atoms with Crippen molar-refractivity contribution in [1.82, 2.24) is 0 Å². The smallest absolute Gasteiger partial charge is 0.128 e. The molecule has 1 heterocycles. The number of benzene rings is 2. The van der Waals surface area contributed by atoms with Crippen molar-refractivity contribution in [3.8, 4) is 11.5 Å². The van der Waals surface area contributed by atoms with Gasteiger partial charge >= 0.3 is 0 Å². The molecule has 16 heavy (non-hydrogen) atoms. The second-order valence-electron chi connectivity index (χ2n) is 3.98. The van der Waals surface area contributed by atoms with E-state index in [9.17, 15) is 5.11 Å². The SMILES string of the molecule is Oc1cccc2c1CC(c1ccccc1)O2. The summed E-state index contributed by atoms with van der Waals surface area (Å²) in [6.45, 7) is 0. The first-order chi connectivity index (χ1) is 7.84. The number of phenolic OH excluding ortho intramolecular Hbond substituents is 1. The summed E-state index contributed by atoms with van der Waals surface area (Å²) in [6.07, 6.45) is 0.774. The fourth-order valence-electron chi connectivity index (χ4n) is 2.10. The Morgan fingerprint density at radius 3 is 2.56 bits per heavy atom. The predicted molar refractivity (Wildman–Crippen MR) is 61.6 cm³/mol. The lowest BCUT2D eigenvalue weighted by Gasteiger charge is -2.10. The first kappa shape index (κ1) is 9.28. The van der Waals surface area contributed by atoms with E-state index in [1.54, 1.807) is 6.07 Å². The molecule has 2 heteroatoms. The van der Waals surface area contributed by atoms with E-state index >= 15 is 0 Å². The molecule has 3 rings (SSSR count). The van der Waals surface area contributed by atoms with Crippen molar-refractivity contribution in [1.29, 1.82) is 0 Å².